The van der Waals surface area contributed by atoms with Crippen molar-refractivity contribution in [3.63, 3.8) is 0 Å². The van der Waals surface area contributed by atoms with E-state index in [1.54, 1.807) is 16.0 Å². The highest BCUT2D eigenvalue weighted by molar-refractivity contribution is 9.10. The lowest BCUT2D eigenvalue weighted by atomic mass is 9.95. The van der Waals surface area contributed by atoms with E-state index < -0.39 is 11.9 Å². The van der Waals surface area contributed by atoms with Gasteiger partial charge < -0.3 is 11.1 Å². The first-order chi connectivity index (χ1) is 12.0. The maximum atomic E-state index is 12.1. The molecule has 1 aromatic carbocycles. The molecular weight excluding hydrogens is 402 g/mol. The first-order valence-electron chi connectivity index (χ1n) is 7.58. The van der Waals surface area contributed by atoms with Crippen LogP contribution in [0.1, 0.15) is 18.5 Å². The normalized spacial score (nSPS) is 16.5. The fraction of sp³-hybridized carbons (Fsp3) is 0.118. The van der Waals surface area contributed by atoms with Crippen LogP contribution >= 0.6 is 27.3 Å². The van der Waals surface area contributed by atoms with E-state index in [-0.39, 0.29) is 0 Å². The molecule has 0 radical (unpaired) electrons. The molecule has 0 unspecified atom stereocenters. The third-order valence-electron chi connectivity index (χ3n) is 4.05. The first kappa shape index (κ1) is 16.0. The Balaban J connectivity index is 1.89. The summed E-state index contributed by atoms with van der Waals surface area (Å²) in [5, 5.41) is 9.77. The molecule has 3 N–H and O–H groups in total. The van der Waals surface area contributed by atoms with Crippen molar-refractivity contribution in [1.29, 1.82) is 0 Å². The Hall–Kier alpha value is -2.45. The summed E-state index contributed by atoms with van der Waals surface area (Å²) in [6.45, 7) is 1.83. The van der Waals surface area contributed by atoms with Gasteiger partial charge in [0.1, 0.15) is 6.04 Å². The number of carbonyl (C=O) groups excluding carboxylic acids is 1. The second kappa shape index (κ2) is 6.12. The predicted molar refractivity (Wildman–Crippen MR) is 101 cm³/mol. The summed E-state index contributed by atoms with van der Waals surface area (Å²) in [5.74, 6) is 0.744. The molecule has 6 nitrogen and oxygen atoms in total. The van der Waals surface area contributed by atoms with Gasteiger partial charge in [0.25, 0.3) is 0 Å². The van der Waals surface area contributed by atoms with Crippen LogP contribution in [0.4, 0.5) is 5.95 Å². The molecule has 0 saturated carbocycles. The van der Waals surface area contributed by atoms with E-state index in [1.165, 1.54) is 0 Å². The summed E-state index contributed by atoms with van der Waals surface area (Å²) >= 11 is 5.01. The SMILES string of the molecule is CC1=C(C(N)=O)[C@H](c2ccc(Br)cc2)n2nc(-c3cccs3)nc2N1. The second-order valence-corrected chi connectivity index (χ2v) is 7.53. The number of nitrogens with zero attached hydrogens (tertiary/aromatic N) is 3. The van der Waals surface area contributed by atoms with E-state index in [0.717, 1.165) is 14.9 Å². The number of carbonyl (C=O) groups is 1. The zero-order valence-electron chi connectivity index (χ0n) is 13.2. The van der Waals surface area contributed by atoms with E-state index in [1.807, 2.05) is 48.7 Å². The minimum Gasteiger partial charge on any atom is -0.366 e. The number of amides is 1. The van der Waals surface area contributed by atoms with Gasteiger partial charge in [-0.15, -0.1) is 16.4 Å². The van der Waals surface area contributed by atoms with Gasteiger partial charge in [0, 0.05) is 10.2 Å². The van der Waals surface area contributed by atoms with Crippen molar-refractivity contribution in [2.75, 3.05) is 5.32 Å². The number of fused-ring (bicyclic) bond motifs is 1. The van der Waals surface area contributed by atoms with Gasteiger partial charge in [-0.25, -0.2) is 4.68 Å². The molecule has 1 amide bonds. The molecule has 0 bridgehead atoms. The van der Waals surface area contributed by atoms with Gasteiger partial charge in [0.05, 0.1) is 10.5 Å². The maximum absolute atomic E-state index is 12.1. The van der Waals surface area contributed by atoms with Crippen LogP contribution in [0.25, 0.3) is 10.7 Å². The molecule has 2 aromatic heterocycles. The number of halogens is 1. The summed E-state index contributed by atoms with van der Waals surface area (Å²) in [4.78, 5) is 17.7. The van der Waals surface area contributed by atoms with Crippen molar-refractivity contribution in [3.05, 3.63) is 63.1 Å². The van der Waals surface area contributed by atoms with Crippen molar-refractivity contribution in [2.45, 2.75) is 13.0 Å². The van der Waals surface area contributed by atoms with Crippen molar-refractivity contribution in [2.24, 2.45) is 5.73 Å². The Morgan fingerprint density at radius 3 is 2.72 bits per heavy atom. The molecule has 0 spiro atoms. The molecule has 1 aliphatic rings. The Morgan fingerprint density at radius 1 is 1.32 bits per heavy atom. The zero-order valence-corrected chi connectivity index (χ0v) is 15.6. The largest absolute Gasteiger partial charge is 0.366 e. The van der Waals surface area contributed by atoms with Crippen LogP contribution < -0.4 is 11.1 Å². The van der Waals surface area contributed by atoms with Crippen LogP contribution in [0.3, 0.4) is 0 Å². The Bertz CT molecular complexity index is 975. The number of anilines is 1. The van der Waals surface area contributed by atoms with Crippen molar-refractivity contribution >= 4 is 39.1 Å². The van der Waals surface area contributed by atoms with Crippen LogP contribution in [0.5, 0.6) is 0 Å². The van der Waals surface area contributed by atoms with Crippen molar-refractivity contribution in [3.8, 4) is 10.7 Å². The van der Waals surface area contributed by atoms with Crippen molar-refractivity contribution < 1.29 is 4.79 Å². The lowest BCUT2D eigenvalue weighted by Crippen LogP contribution is -2.31. The van der Waals surface area contributed by atoms with Gasteiger partial charge in [-0.05, 0) is 36.1 Å². The lowest BCUT2D eigenvalue weighted by Gasteiger charge is -2.27. The zero-order chi connectivity index (χ0) is 17.6. The average Bonchev–Trinajstić information content (AvgIpc) is 3.23. The van der Waals surface area contributed by atoms with Gasteiger partial charge in [-0.2, -0.15) is 4.98 Å². The summed E-state index contributed by atoms with van der Waals surface area (Å²) in [7, 11) is 0. The molecule has 0 aliphatic carbocycles. The summed E-state index contributed by atoms with van der Waals surface area (Å²) in [6, 6.07) is 11.3. The highest BCUT2D eigenvalue weighted by atomic mass is 79.9. The van der Waals surface area contributed by atoms with Gasteiger partial charge in [0.15, 0.2) is 5.82 Å². The molecule has 4 rings (SSSR count). The molecule has 3 aromatic rings. The minimum atomic E-state index is -0.475. The molecule has 3 heterocycles. The van der Waals surface area contributed by atoms with Crippen LogP contribution in [-0.4, -0.2) is 20.7 Å². The number of aromatic nitrogens is 3. The standard InChI is InChI=1S/C17H14BrN5OS/c1-9-13(15(19)24)14(10-4-6-11(18)7-5-10)23-17(20-9)21-16(22-23)12-3-2-8-25-12/h2-8,14H,1H3,(H2,19,24)(H,20,21,22)/t14-/m0/s1. The van der Waals surface area contributed by atoms with Crippen LogP contribution in [0.2, 0.25) is 0 Å². The number of nitrogens with two attached hydrogens (primary N) is 1. The topological polar surface area (TPSA) is 85.8 Å². The average molecular weight is 416 g/mol. The van der Waals surface area contributed by atoms with Crippen molar-refractivity contribution in [1.82, 2.24) is 14.8 Å². The number of nitrogens with one attached hydrogen (secondary N) is 1. The molecule has 0 saturated heterocycles. The van der Waals surface area contributed by atoms with Gasteiger partial charge in [-0.3, -0.25) is 4.79 Å². The van der Waals surface area contributed by atoms with Crippen LogP contribution in [0.15, 0.2) is 57.5 Å². The predicted octanol–water partition coefficient (Wildman–Crippen LogP) is 3.54. The molecule has 1 atom stereocenters. The number of primary amides is 1. The molecule has 8 heteroatoms. The number of allylic oxidation sites excluding steroid dienone is 1. The van der Waals surface area contributed by atoms with Gasteiger partial charge in [0.2, 0.25) is 11.9 Å². The Kier molecular flexibility index (Phi) is 3.93. The number of thiophene rings is 1. The fourth-order valence-corrected chi connectivity index (χ4v) is 3.85. The number of hydrogen-bond donors (Lipinski definition) is 2. The van der Waals surface area contributed by atoms with Gasteiger partial charge in [-0.1, -0.05) is 34.1 Å². The minimum absolute atomic E-state index is 0.414. The third kappa shape index (κ3) is 2.77. The molecule has 1 aliphatic heterocycles. The highest BCUT2D eigenvalue weighted by Gasteiger charge is 2.33. The van der Waals surface area contributed by atoms with Gasteiger partial charge >= 0.3 is 0 Å². The molecular formula is C17H14BrN5OS. The number of hydrogen-bond acceptors (Lipinski definition) is 5. The van der Waals surface area contributed by atoms with Crippen LogP contribution in [-0.2, 0) is 4.79 Å². The molecule has 25 heavy (non-hydrogen) atoms. The highest BCUT2D eigenvalue weighted by Crippen LogP contribution is 2.36. The molecule has 126 valence electrons. The monoisotopic (exact) mass is 415 g/mol. The van der Waals surface area contributed by atoms with E-state index in [4.69, 9.17) is 5.73 Å². The number of rotatable bonds is 3. The molecule has 0 fully saturated rings. The fourth-order valence-electron chi connectivity index (χ4n) is 2.93. The lowest BCUT2D eigenvalue weighted by molar-refractivity contribution is -0.115. The quantitative estimate of drug-likeness (QED) is 0.684. The van der Waals surface area contributed by atoms with E-state index in [0.29, 0.717) is 23.0 Å². The smallest absolute Gasteiger partial charge is 0.248 e. The first-order valence-corrected chi connectivity index (χ1v) is 9.25. The van der Waals surface area contributed by atoms with E-state index in [2.05, 4.69) is 31.3 Å². The maximum Gasteiger partial charge on any atom is 0.248 e. The third-order valence-corrected chi connectivity index (χ3v) is 5.44. The summed E-state index contributed by atoms with van der Waals surface area (Å²) in [6.07, 6.45) is 0. The van der Waals surface area contributed by atoms with E-state index >= 15 is 0 Å². The summed E-state index contributed by atoms with van der Waals surface area (Å²) in [5.41, 5.74) is 7.76. The number of benzene rings is 1. The summed E-state index contributed by atoms with van der Waals surface area (Å²) < 4.78 is 2.69. The second-order valence-electron chi connectivity index (χ2n) is 5.66. The Morgan fingerprint density at radius 2 is 2.08 bits per heavy atom. The Labute approximate surface area is 156 Å². The van der Waals surface area contributed by atoms with Crippen LogP contribution in [0, 0.1) is 0 Å². The van der Waals surface area contributed by atoms with E-state index in [9.17, 15) is 4.79 Å².